The first-order valence-electron chi connectivity index (χ1n) is 2.22. The predicted octanol–water partition coefficient (Wildman–Crippen LogP) is 0.581. The van der Waals surface area contributed by atoms with Crippen molar-refractivity contribution in [3.05, 3.63) is 11.8 Å². The van der Waals surface area contributed by atoms with Crippen LogP contribution in [0.25, 0.3) is 0 Å². The SMILES string of the molecule is CC1=CC=NN(F)N1. The fourth-order valence-corrected chi connectivity index (χ4v) is 0.415. The molecule has 0 saturated heterocycles. The predicted molar refractivity (Wildman–Crippen MR) is 28.3 cm³/mol. The molecule has 0 atom stereocenters. The summed E-state index contributed by atoms with van der Waals surface area (Å²) in [6.45, 7) is 1.75. The highest BCUT2D eigenvalue weighted by Gasteiger charge is 1.97. The molecule has 0 aliphatic carbocycles. The fourth-order valence-electron chi connectivity index (χ4n) is 0.415. The first-order valence-corrected chi connectivity index (χ1v) is 2.22. The van der Waals surface area contributed by atoms with Crippen molar-refractivity contribution in [1.29, 1.82) is 0 Å². The van der Waals surface area contributed by atoms with E-state index in [9.17, 15) is 4.48 Å². The van der Waals surface area contributed by atoms with Crippen molar-refractivity contribution in [2.75, 3.05) is 0 Å². The summed E-state index contributed by atoms with van der Waals surface area (Å²) >= 11 is 0. The van der Waals surface area contributed by atoms with Gasteiger partial charge >= 0.3 is 0 Å². The van der Waals surface area contributed by atoms with E-state index in [4.69, 9.17) is 0 Å². The lowest BCUT2D eigenvalue weighted by Crippen LogP contribution is -2.26. The maximum absolute atomic E-state index is 11.9. The van der Waals surface area contributed by atoms with Crippen molar-refractivity contribution >= 4 is 6.21 Å². The second-order valence-electron chi connectivity index (χ2n) is 1.49. The van der Waals surface area contributed by atoms with Gasteiger partial charge in [-0.1, -0.05) is 4.48 Å². The number of halogens is 1. The zero-order chi connectivity index (χ0) is 5.98. The van der Waals surface area contributed by atoms with Gasteiger partial charge in [-0.2, -0.15) is 0 Å². The second kappa shape index (κ2) is 1.81. The van der Waals surface area contributed by atoms with Gasteiger partial charge in [-0.3, -0.25) is 5.43 Å². The van der Waals surface area contributed by atoms with Crippen LogP contribution in [-0.4, -0.2) is 11.6 Å². The van der Waals surface area contributed by atoms with Crippen molar-refractivity contribution < 1.29 is 4.48 Å². The number of hydrazone groups is 1. The van der Waals surface area contributed by atoms with Gasteiger partial charge in [-0.25, -0.2) is 0 Å². The average Bonchev–Trinajstić information content (AvgIpc) is 1.64. The highest BCUT2D eigenvalue weighted by molar-refractivity contribution is 5.72. The molecule has 0 amide bonds. The molecule has 0 aromatic rings. The Morgan fingerprint density at radius 1 is 1.88 bits per heavy atom. The van der Waals surface area contributed by atoms with Crippen LogP contribution < -0.4 is 5.43 Å². The molecule has 0 aromatic heterocycles. The van der Waals surface area contributed by atoms with Gasteiger partial charge in [0, 0.05) is 5.70 Å². The van der Waals surface area contributed by atoms with E-state index in [2.05, 4.69) is 10.5 Å². The molecular formula is C4H6FN3. The minimum absolute atomic E-state index is 0.162. The molecule has 0 aromatic carbocycles. The van der Waals surface area contributed by atoms with Crippen LogP contribution in [0.5, 0.6) is 0 Å². The summed E-state index contributed by atoms with van der Waals surface area (Å²) in [5, 5.41) is 3.40. The Bertz CT molecular complexity index is 140. The van der Waals surface area contributed by atoms with Gasteiger partial charge in [0.15, 0.2) is 0 Å². The quantitative estimate of drug-likeness (QED) is 0.467. The lowest BCUT2D eigenvalue weighted by molar-refractivity contribution is -0.0178. The Morgan fingerprint density at radius 3 is 3.00 bits per heavy atom. The first kappa shape index (κ1) is 5.08. The molecule has 44 valence electrons. The molecular weight excluding hydrogens is 109 g/mol. The van der Waals surface area contributed by atoms with Crippen LogP contribution in [0.4, 0.5) is 4.48 Å². The number of rotatable bonds is 0. The summed E-state index contributed by atoms with van der Waals surface area (Å²) in [7, 11) is 0. The van der Waals surface area contributed by atoms with Gasteiger partial charge in [0.2, 0.25) is 0 Å². The molecule has 0 unspecified atom stereocenters. The third-order valence-corrected chi connectivity index (χ3v) is 0.761. The molecule has 0 bridgehead atoms. The van der Waals surface area contributed by atoms with E-state index < -0.39 is 0 Å². The third kappa shape index (κ3) is 0.959. The summed E-state index contributed by atoms with van der Waals surface area (Å²) in [5.41, 5.74) is 3.05. The molecule has 1 heterocycles. The summed E-state index contributed by atoms with van der Waals surface area (Å²) < 4.78 is 11.9. The van der Waals surface area contributed by atoms with Crippen LogP contribution in [0.15, 0.2) is 16.9 Å². The number of hydrogen-bond donors (Lipinski definition) is 1. The van der Waals surface area contributed by atoms with E-state index in [1.807, 2.05) is 0 Å². The van der Waals surface area contributed by atoms with E-state index in [1.165, 1.54) is 6.21 Å². The van der Waals surface area contributed by atoms with Crippen LogP contribution >= 0.6 is 0 Å². The number of nitrogens with one attached hydrogen (secondary N) is 1. The molecule has 3 nitrogen and oxygen atoms in total. The van der Waals surface area contributed by atoms with Crippen LogP contribution in [0.3, 0.4) is 0 Å². The fraction of sp³-hybridized carbons (Fsp3) is 0.250. The summed E-state index contributed by atoms with van der Waals surface area (Å²) in [6, 6.07) is 0. The molecule has 4 heteroatoms. The Balaban J connectivity index is 2.59. The summed E-state index contributed by atoms with van der Waals surface area (Å²) in [5.74, 6) is 0. The zero-order valence-corrected chi connectivity index (χ0v) is 4.43. The smallest absolute Gasteiger partial charge is 0.0537 e. The van der Waals surface area contributed by atoms with Crippen LogP contribution in [0, 0.1) is 0 Å². The lowest BCUT2D eigenvalue weighted by atomic mass is 10.5. The standard InChI is InChI=1S/C4H6FN3/c1-4-2-3-6-8(5)7-4/h2-3,7H,1H3. The Labute approximate surface area is 46.4 Å². The van der Waals surface area contributed by atoms with Gasteiger partial charge in [0.1, 0.15) is 0 Å². The number of hydrogen-bond acceptors (Lipinski definition) is 3. The first-order chi connectivity index (χ1) is 3.79. The molecule has 1 rings (SSSR count). The largest absolute Gasteiger partial charge is 0.258 e. The monoisotopic (exact) mass is 115 g/mol. The zero-order valence-electron chi connectivity index (χ0n) is 4.43. The van der Waals surface area contributed by atoms with Crippen molar-refractivity contribution in [2.45, 2.75) is 6.92 Å². The molecule has 0 fully saturated rings. The van der Waals surface area contributed by atoms with Crippen LogP contribution in [-0.2, 0) is 0 Å². The molecule has 8 heavy (non-hydrogen) atoms. The third-order valence-electron chi connectivity index (χ3n) is 0.761. The van der Waals surface area contributed by atoms with Crippen molar-refractivity contribution in [1.82, 2.24) is 10.8 Å². The minimum atomic E-state index is 0.162. The van der Waals surface area contributed by atoms with E-state index >= 15 is 0 Å². The van der Waals surface area contributed by atoms with E-state index in [1.54, 1.807) is 13.0 Å². The topological polar surface area (TPSA) is 27.6 Å². The van der Waals surface area contributed by atoms with Crippen LogP contribution in [0.1, 0.15) is 6.92 Å². The number of allylic oxidation sites excluding steroid dienone is 2. The van der Waals surface area contributed by atoms with E-state index in [0.717, 1.165) is 5.70 Å². The summed E-state index contributed by atoms with van der Waals surface area (Å²) in [4.78, 5) is 0. The lowest BCUT2D eigenvalue weighted by Gasteiger charge is -2.12. The van der Waals surface area contributed by atoms with Crippen molar-refractivity contribution in [3.8, 4) is 0 Å². The van der Waals surface area contributed by atoms with Crippen molar-refractivity contribution in [3.63, 3.8) is 0 Å². The second-order valence-corrected chi connectivity index (χ2v) is 1.49. The maximum atomic E-state index is 11.9. The summed E-state index contributed by atoms with van der Waals surface area (Å²) in [6.07, 6.45) is 3.06. The highest BCUT2D eigenvalue weighted by Crippen LogP contribution is 1.94. The van der Waals surface area contributed by atoms with E-state index in [-0.39, 0.29) is 5.34 Å². The Morgan fingerprint density at radius 2 is 2.62 bits per heavy atom. The molecule has 0 saturated carbocycles. The number of hydrazine groups is 1. The van der Waals surface area contributed by atoms with Gasteiger partial charge < -0.3 is 0 Å². The minimum Gasteiger partial charge on any atom is -0.258 e. The Kier molecular flexibility index (Phi) is 1.15. The molecule has 1 aliphatic rings. The van der Waals surface area contributed by atoms with E-state index in [0.29, 0.717) is 0 Å². The normalized spacial score (nSPS) is 17.8. The molecule has 0 radical (unpaired) electrons. The molecule has 1 N–H and O–H groups in total. The maximum Gasteiger partial charge on any atom is 0.0537 e. The van der Waals surface area contributed by atoms with Gasteiger partial charge in [-0.15, -0.1) is 5.10 Å². The Hall–Kier alpha value is -1.06. The van der Waals surface area contributed by atoms with Crippen molar-refractivity contribution in [2.24, 2.45) is 5.10 Å². The molecule has 0 spiro atoms. The van der Waals surface area contributed by atoms with Gasteiger partial charge in [0.05, 0.1) is 6.21 Å². The van der Waals surface area contributed by atoms with Gasteiger partial charge in [-0.05, 0) is 18.3 Å². The van der Waals surface area contributed by atoms with Gasteiger partial charge in [0.25, 0.3) is 0 Å². The molecule has 1 aliphatic heterocycles. The highest BCUT2D eigenvalue weighted by atomic mass is 19.2. The number of nitrogens with zero attached hydrogens (tertiary/aromatic N) is 2. The van der Waals surface area contributed by atoms with Crippen LogP contribution in [0.2, 0.25) is 0 Å². The average molecular weight is 115 g/mol.